The third-order valence-electron chi connectivity index (χ3n) is 6.07. The molecule has 1 aromatic rings. The quantitative estimate of drug-likeness (QED) is 0.729. The number of nitrogens with zero attached hydrogens (tertiary/aromatic N) is 2. The molecule has 4 rings (SSSR count). The Balaban J connectivity index is 1.94. The molecular formula is C18H22N2OS2. The minimum atomic E-state index is -0.469. The van der Waals surface area contributed by atoms with Crippen LogP contribution in [0.4, 0.5) is 0 Å². The van der Waals surface area contributed by atoms with Gasteiger partial charge in [-0.25, -0.2) is 0 Å². The van der Waals surface area contributed by atoms with Crippen molar-refractivity contribution in [2.75, 3.05) is 19.3 Å². The lowest BCUT2D eigenvalue weighted by molar-refractivity contribution is -0.150. The summed E-state index contributed by atoms with van der Waals surface area (Å²) in [7, 11) is 1.82. The molecule has 2 atom stereocenters. The highest BCUT2D eigenvalue weighted by atomic mass is 32.2. The molecule has 3 heterocycles. The maximum absolute atomic E-state index is 13.1. The number of amides is 1. The first-order valence-corrected chi connectivity index (χ1v) is 9.57. The van der Waals surface area contributed by atoms with E-state index in [1.165, 1.54) is 5.56 Å². The summed E-state index contributed by atoms with van der Waals surface area (Å²) >= 11 is 7.60. The Kier molecular flexibility index (Phi) is 3.18. The van der Waals surface area contributed by atoms with E-state index in [1.807, 2.05) is 18.8 Å². The van der Waals surface area contributed by atoms with Crippen LogP contribution in [0.5, 0.6) is 0 Å². The maximum atomic E-state index is 13.1. The van der Waals surface area contributed by atoms with Crippen LogP contribution in [0.3, 0.4) is 0 Å². The molecule has 3 saturated heterocycles. The Labute approximate surface area is 147 Å². The van der Waals surface area contributed by atoms with Crippen molar-refractivity contribution in [3.05, 3.63) is 35.9 Å². The minimum absolute atomic E-state index is 0.0155. The number of carbonyl (C=O) groups is 1. The van der Waals surface area contributed by atoms with Gasteiger partial charge in [0.2, 0.25) is 5.91 Å². The molecule has 0 N–H and O–H groups in total. The zero-order valence-corrected chi connectivity index (χ0v) is 15.5. The van der Waals surface area contributed by atoms with Crippen LogP contribution in [-0.4, -0.2) is 45.0 Å². The van der Waals surface area contributed by atoms with Crippen LogP contribution in [0.15, 0.2) is 30.3 Å². The fourth-order valence-corrected chi connectivity index (χ4v) is 7.46. The molecule has 2 unspecified atom stereocenters. The average molecular weight is 347 g/mol. The zero-order chi connectivity index (χ0) is 16.5. The Morgan fingerprint density at radius 1 is 1.22 bits per heavy atom. The predicted molar refractivity (Wildman–Crippen MR) is 98.4 cm³/mol. The molecule has 3 nitrogen and oxygen atoms in total. The van der Waals surface area contributed by atoms with Crippen LogP contribution in [0, 0.1) is 5.41 Å². The van der Waals surface area contributed by atoms with Gasteiger partial charge in [0.05, 0.1) is 5.41 Å². The number of carbonyl (C=O) groups excluding carboxylic acids is 1. The predicted octanol–water partition coefficient (Wildman–Crippen LogP) is 3.25. The molecule has 0 radical (unpaired) electrons. The first-order valence-electron chi connectivity index (χ1n) is 8.18. The number of benzene rings is 1. The van der Waals surface area contributed by atoms with Crippen molar-refractivity contribution in [1.29, 1.82) is 0 Å². The fraction of sp³-hybridized carbons (Fsp3) is 0.556. The topological polar surface area (TPSA) is 23.6 Å². The van der Waals surface area contributed by atoms with E-state index in [1.54, 1.807) is 4.90 Å². The van der Waals surface area contributed by atoms with Gasteiger partial charge in [-0.05, 0) is 44.5 Å². The lowest BCUT2D eigenvalue weighted by atomic mass is 9.58. The van der Waals surface area contributed by atoms with Crippen molar-refractivity contribution in [3.8, 4) is 0 Å². The number of thiocarbonyl (C=S) groups is 1. The van der Waals surface area contributed by atoms with Crippen LogP contribution in [-0.2, 0) is 10.2 Å². The standard InChI is InChI=1S/C18H22N2OS2/c1-16(2)14(21)19(3)15(22)20-11-7-10-17(12-23-18(16,17)20)13-8-5-4-6-9-13/h4-6,8-9H,7,10-12H2,1-3H3. The lowest BCUT2D eigenvalue weighted by Crippen LogP contribution is -2.83. The van der Waals surface area contributed by atoms with E-state index in [2.05, 4.69) is 49.1 Å². The third kappa shape index (κ3) is 1.58. The van der Waals surface area contributed by atoms with Crippen molar-refractivity contribution in [1.82, 2.24) is 9.80 Å². The lowest BCUT2D eigenvalue weighted by Gasteiger charge is -2.73. The molecule has 1 amide bonds. The van der Waals surface area contributed by atoms with Crippen LogP contribution in [0.25, 0.3) is 0 Å². The molecule has 122 valence electrons. The van der Waals surface area contributed by atoms with Gasteiger partial charge in [-0.2, -0.15) is 0 Å². The molecule has 1 spiro atoms. The van der Waals surface area contributed by atoms with Crippen LogP contribution in [0.1, 0.15) is 32.3 Å². The first kappa shape index (κ1) is 15.5. The van der Waals surface area contributed by atoms with Gasteiger partial charge in [-0.15, -0.1) is 11.8 Å². The maximum Gasteiger partial charge on any atom is 0.237 e. The molecule has 1 aromatic carbocycles. The second-order valence-corrected chi connectivity index (χ2v) is 8.94. The largest absolute Gasteiger partial charge is 0.332 e. The van der Waals surface area contributed by atoms with E-state index in [0.29, 0.717) is 5.11 Å². The van der Waals surface area contributed by atoms with Crippen molar-refractivity contribution in [2.24, 2.45) is 5.41 Å². The van der Waals surface area contributed by atoms with E-state index in [0.717, 1.165) is 25.1 Å². The highest BCUT2D eigenvalue weighted by molar-refractivity contribution is 8.02. The normalized spacial score (nSPS) is 35.4. The molecule has 5 heteroatoms. The Morgan fingerprint density at radius 3 is 2.52 bits per heavy atom. The van der Waals surface area contributed by atoms with E-state index in [4.69, 9.17) is 12.2 Å². The third-order valence-corrected chi connectivity index (χ3v) is 8.74. The number of thioether (sulfide) groups is 1. The van der Waals surface area contributed by atoms with E-state index in [9.17, 15) is 4.79 Å². The molecule has 3 aliphatic heterocycles. The summed E-state index contributed by atoms with van der Waals surface area (Å²) < 4.78 is 0. The van der Waals surface area contributed by atoms with Crippen molar-refractivity contribution in [3.63, 3.8) is 0 Å². The summed E-state index contributed by atoms with van der Waals surface area (Å²) in [5.41, 5.74) is 0.905. The summed E-state index contributed by atoms with van der Waals surface area (Å²) in [6.45, 7) is 5.16. The summed E-state index contributed by atoms with van der Waals surface area (Å²) in [6, 6.07) is 10.7. The van der Waals surface area contributed by atoms with Crippen molar-refractivity contribution >= 4 is 35.0 Å². The highest BCUT2D eigenvalue weighted by Crippen LogP contribution is 2.70. The van der Waals surface area contributed by atoms with Crippen LogP contribution < -0.4 is 0 Å². The Morgan fingerprint density at radius 2 is 1.91 bits per heavy atom. The Hall–Kier alpha value is -1.07. The van der Waals surface area contributed by atoms with Gasteiger partial charge < -0.3 is 4.90 Å². The molecule has 23 heavy (non-hydrogen) atoms. The van der Waals surface area contributed by atoms with Crippen molar-refractivity contribution in [2.45, 2.75) is 37.0 Å². The molecule has 0 aliphatic carbocycles. The molecule has 3 fully saturated rings. The van der Waals surface area contributed by atoms with Gasteiger partial charge in [-0.3, -0.25) is 9.69 Å². The smallest absolute Gasteiger partial charge is 0.237 e. The second kappa shape index (κ2) is 4.73. The molecule has 0 bridgehead atoms. The van der Waals surface area contributed by atoms with E-state index in [-0.39, 0.29) is 16.2 Å². The van der Waals surface area contributed by atoms with E-state index >= 15 is 0 Å². The van der Waals surface area contributed by atoms with Gasteiger partial charge in [0.15, 0.2) is 5.11 Å². The fourth-order valence-electron chi connectivity index (χ4n) is 5.02. The summed E-state index contributed by atoms with van der Waals surface area (Å²) in [6.07, 6.45) is 2.25. The Bertz CT molecular complexity index is 690. The summed E-state index contributed by atoms with van der Waals surface area (Å²) in [5.74, 6) is 1.21. The van der Waals surface area contributed by atoms with Gasteiger partial charge in [-0.1, -0.05) is 30.3 Å². The number of rotatable bonds is 1. The molecule has 0 saturated carbocycles. The van der Waals surface area contributed by atoms with Crippen LogP contribution >= 0.6 is 24.0 Å². The van der Waals surface area contributed by atoms with Gasteiger partial charge in [0, 0.05) is 24.8 Å². The average Bonchev–Trinajstić information content (AvgIpc) is 2.53. The second-order valence-electron chi connectivity index (χ2n) is 7.41. The molecule has 0 aromatic heterocycles. The number of piperidine rings is 1. The summed E-state index contributed by atoms with van der Waals surface area (Å²) in [4.78, 5) is 16.9. The van der Waals surface area contributed by atoms with Crippen molar-refractivity contribution < 1.29 is 4.79 Å². The zero-order valence-electron chi connectivity index (χ0n) is 13.8. The summed E-state index contributed by atoms with van der Waals surface area (Å²) in [5, 5.41) is 0.696. The number of hydrogen-bond acceptors (Lipinski definition) is 3. The SMILES string of the molecule is CN1C(=O)C(C)(C)C23SCC2(c2ccccc2)CCCN3C1=S. The molecular weight excluding hydrogens is 324 g/mol. The first-order chi connectivity index (χ1) is 10.9. The van der Waals surface area contributed by atoms with Gasteiger partial charge in [0.1, 0.15) is 4.87 Å². The number of hydrogen-bond donors (Lipinski definition) is 0. The molecule has 3 aliphatic rings. The highest BCUT2D eigenvalue weighted by Gasteiger charge is 2.75. The van der Waals surface area contributed by atoms with E-state index < -0.39 is 5.41 Å². The monoisotopic (exact) mass is 346 g/mol. The van der Waals surface area contributed by atoms with Crippen LogP contribution in [0.2, 0.25) is 0 Å². The minimum Gasteiger partial charge on any atom is -0.332 e. The van der Waals surface area contributed by atoms with Gasteiger partial charge in [0.25, 0.3) is 0 Å². The van der Waals surface area contributed by atoms with Gasteiger partial charge >= 0.3 is 0 Å².